The monoisotopic (exact) mass is 346 g/mol. The number of fused-ring (bicyclic) bond motifs is 1. The van der Waals surface area contributed by atoms with Crippen molar-refractivity contribution >= 4 is 28.4 Å². The predicted molar refractivity (Wildman–Crippen MR) is 96.4 cm³/mol. The Morgan fingerprint density at radius 1 is 1.29 bits per heavy atom. The number of pyridine rings is 1. The number of carbonyl (C=O) groups excluding carboxylic acids is 1. The lowest BCUT2D eigenvalue weighted by molar-refractivity contribution is -0.124. The molecule has 0 saturated heterocycles. The van der Waals surface area contributed by atoms with E-state index in [1.54, 1.807) is 18.3 Å². The Morgan fingerprint density at radius 2 is 2.04 bits per heavy atom. The summed E-state index contributed by atoms with van der Waals surface area (Å²) in [5.74, 6) is 1.51. The molecule has 1 N–H and O–H groups in total. The molecule has 5 heteroatoms. The van der Waals surface area contributed by atoms with Gasteiger partial charge in [-0.2, -0.15) is 0 Å². The average molecular weight is 347 g/mol. The van der Waals surface area contributed by atoms with E-state index in [4.69, 9.17) is 16.3 Å². The fourth-order valence-corrected chi connectivity index (χ4v) is 3.78. The molecule has 2 aromatic rings. The third-order valence-electron chi connectivity index (χ3n) is 4.91. The summed E-state index contributed by atoms with van der Waals surface area (Å²) in [5.41, 5.74) is 0.678. The van der Waals surface area contributed by atoms with Gasteiger partial charge in [0.15, 0.2) is 6.61 Å². The molecule has 3 rings (SSSR count). The average Bonchev–Trinajstić information content (AvgIpc) is 2.58. The first kappa shape index (κ1) is 17.0. The van der Waals surface area contributed by atoms with Gasteiger partial charge in [0.1, 0.15) is 11.3 Å². The van der Waals surface area contributed by atoms with E-state index in [9.17, 15) is 4.79 Å². The zero-order chi connectivity index (χ0) is 17.1. The molecule has 0 spiro atoms. The molecule has 0 aliphatic heterocycles. The van der Waals surface area contributed by atoms with Crippen LogP contribution in [0.3, 0.4) is 0 Å². The zero-order valence-corrected chi connectivity index (χ0v) is 14.8. The molecule has 1 aromatic heterocycles. The molecule has 1 aromatic carbocycles. The number of nitrogens with zero attached hydrogens (tertiary/aromatic N) is 1. The Kier molecular flexibility index (Phi) is 5.24. The van der Waals surface area contributed by atoms with Gasteiger partial charge in [0.2, 0.25) is 0 Å². The van der Waals surface area contributed by atoms with E-state index in [0.717, 1.165) is 5.39 Å². The number of hydrogen-bond acceptors (Lipinski definition) is 3. The molecule has 1 fully saturated rings. The third kappa shape index (κ3) is 3.64. The van der Waals surface area contributed by atoms with E-state index in [-0.39, 0.29) is 18.6 Å². The van der Waals surface area contributed by atoms with Crippen molar-refractivity contribution in [1.82, 2.24) is 10.3 Å². The van der Waals surface area contributed by atoms with Gasteiger partial charge in [-0.3, -0.25) is 9.78 Å². The number of carbonyl (C=O) groups is 1. The molecule has 128 valence electrons. The Bertz CT molecular complexity index is 724. The van der Waals surface area contributed by atoms with E-state index >= 15 is 0 Å². The van der Waals surface area contributed by atoms with Crippen LogP contribution in [0.5, 0.6) is 5.75 Å². The fourth-order valence-electron chi connectivity index (χ4n) is 3.57. The van der Waals surface area contributed by atoms with Gasteiger partial charge in [0, 0.05) is 17.6 Å². The van der Waals surface area contributed by atoms with Crippen LogP contribution in [-0.2, 0) is 4.79 Å². The molecular formula is C19H23ClN2O2. The number of hydrogen-bond donors (Lipinski definition) is 1. The summed E-state index contributed by atoms with van der Waals surface area (Å²) in [6.45, 7) is 4.40. The molecule has 1 aliphatic carbocycles. The van der Waals surface area contributed by atoms with Crippen molar-refractivity contribution in [1.29, 1.82) is 0 Å². The number of nitrogens with one attached hydrogen (secondary N) is 1. The van der Waals surface area contributed by atoms with Gasteiger partial charge in [-0.25, -0.2) is 0 Å². The van der Waals surface area contributed by atoms with Crippen LogP contribution < -0.4 is 10.1 Å². The normalized spacial score (nSPS) is 23.9. The van der Waals surface area contributed by atoms with Gasteiger partial charge in [0.25, 0.3) is 5.91 Å². The maximum absolute atomic E-state index is 12.3. The summed E-state index contributed by atoms with van der Waals surface area (Å²) >= 11 is 6.18. The molecule has 0 bridgehead atoms. The van der Waals surface area contributed by atoms with Crippen LogP contribution >= 0.6 is 11.6 Å². The summed E-state index contributed by atoms with van der Waals surface area (Å²) < 4.78 is 5.71. The summed E-state index contributed by atoms with van der Waals surface area (Å²) in [7, 11) is 0. The lowest BCUT2D eigenvalue weighted by Gasteiger charge is -2.35. The molecular weight excluding hydrogens is 324 g/mol. The Balaban J connectivity index is 1.65. The second-order valence-corrected chi connectivity index (χ2v) is 7.12. The van der Waals surface area contributed by atoms with Gasteiger partial charge in [-0.1, -0.05) is 31.9 Å². The second kappa shape index (κ2) is 7.39. The molecule has 0 radical (unpaired) electrons. The molecule has 1 amide bonds. The quantitative estimate of drug-likeness (QED) is 0.902. The van der Waals surface area contributed by atoms with Crippen LogP contribution in [0, 0.1) is 11.8 Å². The van der Waals surface area contributed by atoms with Gasteiger partial charge in [-0.15, -0.1) is 0 Å². The SMILES string of the molecule is CC1CCCC(C)C1NC(=O)COc1ccc(Cl)c2cccnc12. The zero-order valence-electron chi connectivity index (χ0n) is 14.1. The maximum Gasteiger partial charge on any atom is 0.258 e. The molecule has 2 atom stereocenters. The minimum absolute atomic E-state index is 0.0107. The van der Waals surface area contributed by atoms with Crippen molar-refractivity contribution < 1.29 is 9.53 Å². The van der Waals surface area contributed by atoms with E-state index in [0.29, 0.717) is 28.1 Å². The highest BCUT2D eigenvalue weighted by Crippen LogP contribution is 2.30. The van der Waals surface area contributed by atoms with Crippen LogP contribution in [0.1, 0.15) is 33.1 Å². The van der Waals surface area contributed by atoms with Crippen molar-refractivity contribution in [2.24, 2.45) is 11.8 Å². The van der Waals surface area contributed by atoms with Gasteiger partial charge in [0.05, 0.1) is 5.02 Å². The number of amides is 1. The van der Waals surface area contributed by atoms with E-state index in [1.165, 1.54) is 19.3 Å². The molecule has 1 aliphatic rings. The smallest absolute Gasteiger partial charge is 0.258 e. The molecule has 4 nitrogen and oxygen atoms in total. The highest BCUT2D eigenvalue weighted by molar-refractivity contribution is 6.35. The molecule has 1 saturated carbocycles. The second-order valence-electron chi connectivity index (χ2n) is 6.71. The largest absolute Gasteiger partial charge is 0.481 e. The Labute approximate surface area is 147 Å². The number of halogens is 1. The predicted octanol–water partition coefficient (Wildman–Crippen LogP) is 4.21. The minimum atomic E-state index is -0.0837. The minimum Gasteiger partial charge on any atom is -0.481 e. The van der Waals surface area contributed by atoms with Gasteiger partial charge >= 0.3 is 0 Å². The first-order chi connectivity index (χ1) is 11.6. The topological polar surface area (TPSA) is 51.2 Å². The maximum atomic E-state index is 12.3. The third-order valence-corrected chi connectivity index (χ3v) is 5.24. The lowest BCUT2D eigenvalue weighted by atomic mass is 9.79. The van der Waals surface area contributed by atoms with E-state index in [2.05, 4.69) is 24.1 Å². The van der Waals surface area contributed by atoms with Crippen molar-refractivity contribution in [2.45, 2.75) is 39.2 Å². The van der Waals surface area contributed by atoms with Crippen LogP contribution in [0.25, 0.3) is 10.9 Å². The van der Waals surface area contributed by atoms with Gasteiger partial charge < -0.3 is 10.1 Å². The molecule has 1 heterocycles. The highest BCUT2D eigenvalue weighted by atomic mass is 35.5. The van der Waals surface area contributed by atoms with Crippen LogP contribution in [0.15, 0.2) is 30.5 Å². The van der Waals surface area contributed by atoms with Crippen LogP contribution in [-0.4, -0.2) is 23.5 Å². The number of aromatic nitrogens is 1. The van der Waals surface area contributed by atoms with Gasteiger partial charge in [-0.05, 0) is 48.9 Å². The van der Waals surface area contributed by atoms with E-state index in [1.807, 2.05) is 12.1 Å². The summed E-state index contributed by atoms with van der Waals surface area (Å²) in [5, 5.41) is 4.59. The first-order valence-electron chi connectivity index (χ1n) is 8.51. The van der Waals surface area contributed by atoms with Crippen molar-refractivity contribution in [3.63, 3.8) is 0 Å². The van der Waals surface area contributed by atoms with Crippen molar-refractivity contribution in [3.8, 4) is 5.75 Å². The van der Waals surface area contributed by atoms with Crippen molar-refractivity contribution in [2.75, 3.05) is 6.61 Å². The van der Waals surface area contributed by atoms with Crippen molar-refractivity contribution in [3.05, 3.63) is 35.5 Å². The fraction of sp³-hybridized carbons (Fsp3) is 0.474. The summed E-state index contributed by atoms with van der Waals surface area (Å²) in [6.07, 6.45) is 5.27. The van der Waals surface area contributed by atoms with E-state index < -0.39 is 0 Å². The summed E-state index contributed by atoms with van der Waals surface area (Å²) in [6, 6.07) is 7.48. The Morgan fingerprint density at radius 3 is 2.79 bits per heavy atom. The number of rotatable bonds is 4. The number of ether oxygens (including phenoxy) is 1. The molecule has 2 unspecified atom stereocenters. The first-order valence-corrected chi connectivity index (χ1v) is 8.89. The highest BCUT2D eigenvalue weighted by Gasteiger charge is 2.28. The summed E-state index contributed by atoms with van der Waals surface area (Å²) in [4.78, 5) is 16.6. The Hall–Kier alpha value is -1.81. The molecule has 24 heavy (non-hydrogen) atoms. The van der Waals surface area contributed by atoms with Crippen LogP contribution in [0.2, 0.25) is 5.02 Å². The number of benzene rings is 1. The van der Waals surface area contributed by atoms with Crippen LogP contribution in [0.4, 0.5) is 0 Å². The standard InChI is InChI=1S/C19H23ClN2O2/c1-12-5-3-6-13(2)18(12)22-17(23)11-24-16-9-8-15(20)14-7-4-10-21-19(14)16/h4,7-10,12-13,18H,3,5-6,11H2,1-2H3,(H,22,23). The lowest BCUT2D eigenvalue weighted by Crippen LogP contribution is -2.47.